The first kappa shape index (κ1) is 38.9. The van der Waals surface area contributed by atoms with E-state index in [9.17, 15) is 19.2 Å². The van der Waals surface area contributed by atoms with E-state index >= 15 is 0 Å². The average molecular weight is 913 g/mol. The van der Waals surface area contributed by atoms with Gasteiger partial charge in [-0.15, -0.1) is 11.3 Å². The van der Waals surface area contributed by atoms with Crippen LogP contribution in [0.15, 0.2) is 12.1 Å². The fourth-order valence-corrected chi connectivity index (χ4v) is 11.3. The summed E-state index contributed by atoms with van der Waals surface area (Å²) >= 11 is 7.67. The van der Waals surface area contributed by atoms with Gasteiger partial charge in [0.05, 0.1) is 10.4 Å². The van der Waals surface area contributed by atoms with Crippen LogP contribution in [-0.2, 0) is 23.9 Å². The molecule has 260 valence electrons. The quantitative estimate of drug-likeness (QED) is 0.110. The molecule has 1 heterocycles. The van der Waals surface area contributed by atoms with Crippen molar-refractivity contribution in [3.8, 4) is 0 Å². The Labute approximate surface area is 313 Å². The van der Waals surface area contributed by atoms with E-state index in [0.29, 0.717) is 62.1 Å². The van der Waals surface area contributed by atoms with Gasteiger partial charge in [-0.3, -0.25) is 19.2 Å². The summed E-state index contributed by atoms with van der Waals surface area (Å²) in [6, 6.07) is 3.85. The number of amides is 1. The molecule has 0 unspecified atom stereocenters. The Kier molecular flexibility index (Phi) is 14.0. The number of hydrogen-bond acceptors (Lipinski definition) is 6. The van der Waals surface area contributed by atoms with Gasteiger partial charge in [-0.05, 0) is 80.2 Å². The number of Topliss-reactive ketones (excluding diaryl/α,β-unsaturated/α-hetero) is 1. The number of esters is 1. The molecule has 10 heteroatoms. The number of unbranched alkanes of at least 4 members (excludes halogenated alkanes) is 3. The van der Waals surface area contributed by atoms with Crippen LogP contribution in [0.1, 0.15) is 134 Å². The Morgan fingerprint density at radius 1 is 1.06 bits per heavy atom. The standard InChI is InChI=1S/C37H53ClNO6S.U/c1-4-28(30-14-15-31(38)46-30)39-32(41)16-12-23-11-13-26-35-27(18-20-36(23,26)2)37(3)19-17-25(40)21-24(37)22-29(35)45-34(44)10-8-6-5-7-9-33(42)43;/h12,14-15,23-24,26-29,35H,4-11,13,16-22H2,1-3H3,(H,39,41)(H,42,43);/q-1;/t23-,24+,26+,27+,28-,29-,35+,36-,37+;/m1./s1. The molecule has 1 aromatic rings. The van der Waals surface area contributed by atoms with E-state index < -0.39 is 5.97 Å². The van der Waals surface area contributed by atoms with E-state index in [-0.39, 0.29) is 84.2 Å². The van der Waals surface area contributed by atoms with Gasteiger partial charge in [0.15, 0.2) is 5.91 Å². The van der Waals surface area contributed by atoms with Crippen LogP contribution in [0.4, 0.5) is 0 Å². The fraction of sp³-hybridized carbons (Fsp3) is 0.757. The molecule has 9 atom stereocenters. The Morgan fingerprint density at radius 2 is 1.79 bits per heavy atom. The van der Waals surface area contributed by atoms with Gasteiger partial charge in [0, 0.05) is 67.6 Å². The van der Waals surface area contributed by atoms with Crippen LogP contribution in [0.2, 0.25) is 4.34 Å². The number of aliphatic carboxylic acids is 1. The minimum absolute atomic E-state index is 0. The van der Waals surface area contributed by atoms with Crippen LogP contribution >= 0.6 is 22.9 Å². The summed E-state index contributed by atoms with van der Waals surface area (Å²) in [6.07, 6.45) is 14.0. The number of ketones is 1. The van der Waals surface area contributed by atoms with Crippen molar-refractivity contribution < 1.29 is 60.1 Å². The maximum absolute atomic E-state index is 13.2. The number of ether oxygens (including phenoxy) is 1. The Morgan fingerprint density at radius 3 is 2.47 bits per heavy atom. The zero-order chi connectivity index (χ0) is 33.1. The molecule has 4 aliphatic carbocycles. The first-order valence-corrected chi connectivity index (χ1v) is 18.9. The average Bonchev–Trinajstić information content (AvgIpc) is 3.59. The third-order valence-corrected chi connectivity index (χ3v) is 14.0. The van der Waals surface area contributed by atoms with E-state index in [4.69, 9.17) is 21.4 Å². The molecule has 4 fully saturated rings. The molecule has 4 saturated carbocycles. The molecular weight excluding hydrogens is 860 g/mol. The van der Waals surface area contributed by atoms with Gasteiger partial charge >= 0.3 is 11.9 Å². The summed E-state index contributed by atoms with van der Waals surface area (Å²) < 4.78 is 7.13. The maximum Gasteiger partial charge on any atom is 0.306 e. The van der Waals surface area contributed by atoms with Crippen LogP contribution < -0.4 is 5.32 Å². The van der Waals surface area contributed by atoms with E-state index in [1.54, 1.807) is 0 Å². The summed E-state index contributed by atoms with van der Waals surface area (Å²) in [5.41, 5.74) is 0.143. The van der Waals surface area contributed by atoms with Crippen molar-refractivity contribution in [2.24, 2.45) is 40.4 Å². The number of carboxylic acids is 1. The van der Waals surface area contributed by atoms with Crippen molar-refractivity contribution in [2.75, 3.05) is 0 Å². The monoisotopic (exact) mass is 912 g/mol. The van der Waals surface area contributed by atoms with E-state index in [1.807, 2.05) is 12.1 Å². The van der Waals surface area contributed by atoms with Crippen molar-refractivity contribution in [1.29, 1.82) is 0 Å². The first-order chi connectivity index (χ1) is 21.9. The van der Waals surface area contributed by atoms with E-state index in [2.05, 4.69) is 32.5 Å². The van der Waals surface area contributed by atoms with Crippen molar-refractivity contribution in [3.05, 3.63) is 27.8 Å². The van der Waals surface area contributed by atoms with Crippen molar-refractivity contribution in [2.45, 2.75) is 136 Å². The molecule has 1 amide bonds. The number of fused-ring (bicyclic) bond motifs is 5. The van der Waals surface area contributed by atoms with Crippen molar-refractivity contribution in [3.63, 3.8) is 0 Å². The zero-order valence-corrected chi connectivity index (χ0v) is 34.1. The molecule has 0 radical (unpaired) electrons. The number of rotatable bonds is 14. The second kappa shape index (κ2) is 16.9. The van der Waals surface area contributed by atoms with Gasteiger partial charge in [0.25, 0.3) is 0 Å². The van der Waals surface area contributed by atoms with E-state index in [1.165, 1.54) is 11.3 Å². The summed E-state index contributed by atoms with van der Waals surface area (Å²) in [5, 5.41) is 12.1. The zero-order valence-electron chi connectivity index (χ0n) is 28.4. The molecule has 0 aliphatic heterocycles. The number of carbonyl (C=O) groups excluding carboxylic acids is 3. The Bertz CT molecular complexity index is 1270. The smallest absolute Gasteiger partial charge is 0.306 e. The molecule has 4 aliphatic rings. The molecule has 1 aromatic heterocycles. The van der Waals surface area contributed by atoms with Crippen molar-refractivity contribution >= 4 is 46.6 Å². The number of halogens is 1. The second-order valence-corrected chi connectivity index (χ2v) is 16.9. The second-order valence-electron chi connectivity index (χ2n) is 15.1. The maximum atomic E-state index is 13.2. The van der Waals surface area contributed by atoms with Gasteiger partial charge < -0.3 is 21.6 Å². The minimum Gasteiger partial charge on any atom is -0.481 e. The first-order valence-electron chi connectivity index (χ1n) is 17.8. The topological polar surface area (TPSA) is 110 Å². The number of hydrogen-bond donors (Lipinski definition) is 2. The third kappa shape index (κ3) is 8.90. The van der Waals surface area contributed by atoms with Gasteiger partial charge in [-0.25, -0.2) is 0 Å². The third-order valence-electron chi connectivity index (χ3n) is 12.6. The Hall–Kier alpha value is -0.878. The molecule has 47 heavy (non-hydrogen) atoms. The van der Waals surface area contributed by atoms with Crippen LogP contribution in [0.25, 0.3) is 0 Å². The summed E-state index contributed by atoms with van der Waals surface area (Å²) in [4.78, 5) is 50.8. The molecule has 0 spiro atoms. The number of thiophene rings is 1. The SMILES string of the molecule is CC[C@@H](NC(=O)C[CH-][C@H]1CC[C@H]2[C@@H]3[C@H](OC(=O)CCCCCCC(=O)O)C[C@@H]4CC(=O)CC[C@]4(C)[C@H]3CC[C@]12C)c1ccc(Cl)s1.[U]. The molecule has 7 nitrogen and oxygen atoms in total. The van der Waals surface area contributed by atoms with Crippen LogP contribution in [0, 0.1) is 78.0 Å². The van der Waals surface area contributed by atoms with Crippen molar-refractivity contribution in [1.82, 2.24) is 5.32 Å². The minimum atomic E-state index is -0.779. The molecular formula is C37H53ClNO6SU-. The van der Waals surface area contributed by atoms with Crippen LogP contribution in [0.5, 0.6) is 0 Å². The molecule has 2 N–H and O–H groups in total. The fourth-order valence-electron chi connectivity index (χ4n) is 10.1. The Balaban J connectivity index is 0.00000500. The molecule has 0 saturated heterocycles. The van der Waals surface area contributed by atoms with Gasteiger partial charge in [-0.2, -0.15) is 5.92 Å². The van der Waals surface area contributed by atoms with Gasteiger partial charge in [0.1, 0.15) is 11.9 Å². The predicted molar refractivity (Wildman–Crippen MR) is 180 cm³/mol. The molecule has 5 rings (SSSR count). The number of nitrogens with one attached hydrogen (secondary N) is 1. The number of carbonyl (C=O) groups is 4. The van der Waals surface area contributed by atoms with Gasteiger partial charge in [-0.1, -0.05) is 69.9 Å². The normalized spacial score (nSPS) is 33.5. The molecule has 0 bridgehead atoms. The predicted octanol–water partition coefficient (Wildman–Crippen LogP) is 8.74. The molecule has 0 aromatic carbocycles. The summed E-state index contributed by atoms with van der Waals surface area (Å²) in [6.45, 7) is 6.90. The van der Waals surface area contributed by atoms with Crippen LogP contribution in [0.3, 0.4) is 0 Å². The number of carboxylic acid groups (broad SMARTS) is 1. The summed E-state index contributed by atoms with van der Waals surface area (Å²) in [7, 11) is 0. The van der Waals surface area contributed by atoms with E-state index in [0.717, 1.165) is 67.0 Å². The van der Waals surface area contributed by atoms with Crippen LogP contribution in [-0.4, -0.2) is 34.8 Å². The largest absolute Gasteiger partial charge is 0.481 e. The summed E-state index contributed by atoms with van der Waals surface area (Å²) in [5.74, 6) is 1.16. The van der Waals surface area contributed by atoms with Gasteiger partial charge in [0.2, 0.25) is 0 Å².